The Morgan fingerprint density at radius 1 is 1.17 bits per heavy atom. The third-order valence-electron chi connectivity index (χ3n) is 5.21. The van der Waals surface area contributed by atoms with E-state index in [1.807, 2.05) is 4.90 Å². The molecule has 1 heterocycles. The van der Waals surface area contributed by atoms with Gasteiger partial charge in [0.15, 0.2) is 17.6 Å². The number of hydrogen-bond donors (Lipinski definition) is 2. The smallest absolute Gasteiger partial charge is 0.416 e. The highest BCUT2D eigenvalue weighted by Gasteiger charge is 2.32. The van der Waals surface area contributed by atoms with E-state index in [2.05, 4.69) is 5.32 Å². The van der Waals surface area contributed by atoms with Crippen molar-refractivity contribution in [3.05, 3.63) is 53.6 Å². The van der Waals surface area contributed by atoms with Crippen LogP contribution in [0.25, 0.3) is 6.08 Å². The van der Waals surface area contributed by atoms with Crippen LogP contribution < -0.4 is 15.0 Å². The Bertz CT molecular complexity index is 1100. The lowest BCUT2D eigenvalue weighted by Gasteiger charge is -2.31. The minimum absolute atomic E-state index is 0.0404. The zero-order chi connectivity index (χ0) is 25.6. The Kier molecular flexibility index (Phi) is 8.23. The maximum atomic E-state index is 13.3. The average Bonchev–Trinajstić information content (AvgIpc) is 2.83. The number of phenolic OH excluding ortho intramolecular Hbond substituents is 1. The SMILES string of the molecule is COc1cc(/C=C/C(=O)OC(C)C(=O)Nc2cc(C(F)(F)F)ccc2N2CCOCC2)ccc1O. The van der Waals surface area contributed by atoms with Crippen molar-refractivity contribution in [3.63, 3.8) is 0 Å². The quantitative estimate of drug-likeness (QED) is 0.446. The van der Waals surface area contributed by atoms with Gasteiger partial charge >= 0.3 is 12.1 Å². The van der Waals surface area contributed by atoms with E-state index >= 15 is 0 Å². The van der Waals surface area contributed by atoms with Gasteiger partial charge in [0.2, 0.25) is 0 Å². The van der Waals surface area contributed by atoms with Gasteiger partial charge in [0.25, 0.3) is 5.91 Å². The highest BCUT2D eigenvalue weighted by Crippen LogP contribution is 2.36. The summed E-state index contributed by atoms with van der Waals surface area (Å²) in [7, 11) is 1.38. The van der Waals surface area contributed by atoms with Crippen molar-refractivity contribution in [1.82, 2.24) is 0 Å². The van der Waals surface area contributed by atoms with E-state index in [4.69, 9.17) is 14.2 Å². The van der Waals surface area contributed by atoms with Crippen LogP contribution in [-0.4, -0.2) is 56.5 Å². The van der Waals surface area contributed by atoms with Crippen molar-refractivity contribution >= 4 is 29.3 Å². The van der Waals surface area contributed by atoms with Gasteiger partial charge in [-0.15, -0.1) is 0 Å². The molecule has 0 bridgehead atoms. The van der Waals surface area contributed by atoms with Crippen LogP contribution in [0.2, 0.25) is 0 Å². The summed E-state index contributed by atoms with van der Waals surface area (Å²) >= 11 is 0. The summed E-state index contributed by atoms with van der Waals surface area (Å²) in [6.45, 7) is 3.02. The van der Waals surface area contributed by atoms with Gasteiger partial charge in [-0.1, -0.05) is 6.07 Å². The molecule has 0 spiro atoms. The van der Waals surface area contributed by atoms with Crippen LogP contribution in [-0.2, 0) is 25.2 Å². The van der Waals surface area contributed by atoms with Crippen molar-refractivity contribution in [3.8, 4) is 11.5 Å². The van der Waals surface area contributed by atoms with Crippen LogP contribution in [0.15, 0.2) is 42.5 Å². The second kappa shape index (κ2) is 11.1. The van der Waals surface area contributed by atoms with Crippen LogP contribution in [0.4, 0.5) is 24.5 Å². The molecule has 1 aliphatic rings. The van der Waals surface area contributed by atoms with Gasteiger partial charge in [-0.2, -0.15) is 13.2 Å². The van der Waals surface area contributed by atoms with E-state index in [1.165, 1.54) is 38.3 Å². The third kappa shape index (κ3) is 6.89. The molecule has 2 aromatic carbocycles. The number of carbonyl (C=O) groups excluding carboxylic acids is 2. The lowest BCUT2D eigenvalue weighted by Crippen LogP contribution is -2.37. The number of morpholine rings is 1. The number of nitrogens with one attached hydrogen (secondary N) is 1. The number of carbonyl (C=O) groups is 2. The first-order chi connectivity index (χ1) is 16.6. The van der Waals surface area contributed by atoms with Gasteiger partial charge in [0.1, 0.15) is 0 Å². The number of ether oxygens (including phenoxy) is 3. The van der Waals surface area contributed by atoms with E-state index in [9.17, 15) is 27.9 Å². The molecule has 1 aliphatic heterocycles. The number of halogens is 3. The topological polar surface area (TPSA) is 97.3 Å². The molecule has 1 fully saturated rings. The van der Waals surface area contributed by atoms with Gasteiger partial charge in [-0.3, -0.25) is 4.79 Å². The Labute approximate surface area is 199 Å². The molecule has 0 saturated carbocycles. The molecule has 3 rings (SSSR count). The van der Waals surface area contributed by atoms with Crippen LogP contribution >= 0.6 is 0 Å². The van der Waals surface area contributed by atoms with Gasteiger partial charge < -0.3 is 29.5 Å². The Balaban J connectivity index is 1.70. The molecule has 0 aromatic heterocycles. The van der Waals surface area contributed by atoms with E-state index in [-0.39, 0.29) is 17.2 Å². The summed E-state index contributed by atoms with van der Waals surface area (Å²) in [5.41, 5.74) is -0.00903. The summed E-state index contributed by atoms with van der Waals surface area (Å²) in [6.07, 6.45) is -3.39. The van der Waals surface area contributed by atoms with Crippen LogP contribution in [0.1, 0.15) is 18.1 Å². The minimum Gasteiger partial charge on any atom is -0.504 e. The van der Waals surface area contributed by atoms with Gasteiger partial charge in [-0.05, 0) is 48.9 Å². The van der Waals surface area contributed by atoms with Gasteiger partial charge in [0, 0.05) is 19.2 Å². The zero-order valence-electron chi connectivity index (χ0n) is 19.1. The number of amides is 1. The van der Waals surface area contributed by atoms with Crippen LogP contribution in [0.5, 0.6) is 11.5 Å². The summed E-state index contributed by atoms with van der Waals surface area (Å²) in [5, 5.41) is 12.1. The second-order valence-corrected chi connectivity index (χ2v) is 7.66. The molecule has 8 nitrogen and oxygen atoms in total. The van der Waals surface area contributed by atoms with Gasteiger partial charge in [0.05, 0.1) is 37.3 Å². The summed E-state index contributed by atoms with van der Waals surface area (Å²) in [5.74, 6) is -1.47. The number of esters is 1. The highest BCUT2D eigenvalue weighted by atomic mass is 19.4. The monoisotopic (exact) mass is 494 g/mol. The first-order valence-corrected chi connectivity index (χ1v) is 10.7. The molecule has 188 valence electrons. The number of rotatable bonds is 7. The molecule has 11 heteroatoms. The fraction of sp³-hybridized carbons (Fsp3) is 0.333. The first-order valence-electron chi connectivity index (χ1n) is 10.7. The van der Waals surface area contributed by atoms with Crippen molar-refractivity contribution < 1.29 is 42.1 Å². The predicted octanol–water partition coefficient (Wildman–Crippen LogP) is 3.84. The number of alkyl halides is 3. The lowest BCUT2D eigenvalue weighted by molar-refractivity contribution is -0.148. The minimum atomic E-state index is -4.59. The predicted molar refractivity (Wildman–Crippen MR) is 122 cm³/mol. The van der Waals surface area contributed by atoms with Crippen molar-refractivity contribution in [2.24, 2.45) is 0 Å². The number of methoxy groups -OCH3 is 1. The molecular weight excluding hydrogens is 469 g/mol. The standard InChI is InChI=1S/C24H25F3N2O6/c1-15(35-22(31)8-4-16-3-7-20(30)21(13-16)33-2)23(32)28-18-14-17(24(25,26)27)5-6-19(18)29-9-11-34-12-10-29/h3-8,13-15,30H,9-12H2,1-2H3,(H,28,32)/b8-4+. The molecule has 1 atom stereocenters. The maximum Gasteiger partial charge on any atom is 0.416 e. The molecule has 1 saturated heterocycles. The Morgan fingerprint density at radius 3 is 2.54 bits per heavy atom. The fourth-order valence-electron chi connectivity index (χ4n) is 3.36. The van der Waals surface area contributed by atoms with Crippen molar-refractivity contribution in [1.29, 1.82) is 0 Å². The number of nitrogens with zero attached hydrogens (tertiary/aromatic N) is 1. The summed E-state index contributed by atoms with van der Waals surface area (Å²) < 4.78 is 55.2. The molecule has 0 radical (unpaired) electrons. The third-order valence-corrected chi connectivity index (χ3v) is 5.21. The molecule has 2 aromatic rings. The highest BCUT2D eigenvalue weighted by molar-refractivity contribution is 5.99. The molecule has 1 amide bonds. The van der Waals surface area contributed by atoms with E-state index < -0.39 is 29.7 Å². The van der Waals surface area contributed by atoms with E-state index in [1.54, 1.807) is 6.07 Å². The number of hydrogen-bond acceptors (Lipinski definition) is 7. The van der Waals surface area contributed by atoms with Gasteiger partial charge in [-0.25, -0.2) is 4.79 Å². The number of phenols is 1. The molecule has 1 unspecified atom stereocenters. The van der Waals surface area contributed by atoms with E-state index in [0.29, 0.717) is 37.6 Å². The van der Waals surface area contributed by atoms with Crippen molar-refractivity contribution in [2.45, 2.75) is 19.2 Å². The van der Waals surface area contributed by atoms with Crippen LogP contribution in [0, 0.1) is 0 Å². The second-order valence-electron chi connectivity index (χ2n) is 7.66. The summed E-state index contributed by atoms with van der Waals surface area (Å²) in [4.78, 5) is 26.6. The fourth-order valence-corrected chi connectivity index (χ4v) is 3.36. The van der Waals surface area contributed by atoms with E-state index in [0.717, 1.165) is 18.2 Å². The number of benzene rings is 2. The largest absolute Gasteiger partial charge is 0.504 e. The maximum absolute atomic E-state index is 13.3. The molecular formula is C24H25F3N2O6. The Hall–Kier alpha value is -3.73. The first kappa shape index (κ1) is 25.9. The molecule has 35 heavy (non-hydrogen) atoms. The zero-order valence-corrected chi connectivity index (χ0v) is 19.1. The number of anilines is 2. The average molecular weight is 494 g/mol. The summed E-state index contributed by atoms with van der Waals surface area (Å²) in [6, 6.07) is 7.53. The molecule has 2 N–H and O–H groups in total. The lowest BCUT2D eigenvalue weighted by atomic mass is 10.1. The normalized spacial score (nSPS) is 15.1. The Morgan fingerprint density at radius 2 is 1.89 bits per heavy atom. The molecule has 0 aliphatic carbocycles. The van der Waals surface area contributed by atoms with Crippen molar-refractivity contribution in [2.75, 3.05) is 43.6 Å². The van der Waals surface area contributed by atoms with Crippen LogP contribution in [0.3, 0.4) is 0 Å². The number of aromatic hydroxyl groups is 1.